The van der Waals surface area contributed by atoms with Crippen molar-refractivity contribution in [1.29, 1.82) is 0 Å². The van der Waals surface area contributed by atoms with Crippen LogP contribution in [0.25, 0.3) is 0 Å². The van der Waals surface area contributed by atoms with Gasteiger partial charge in [-0.15, -0.1) is 0 Å². The summed E-state index contributed by atoms with van der Waals surface area (Å²) in [6.07, 6.45) is -0.260. The minimum Gasteiger partial charge on any atom is -0.469 e. The molecule has 0 radical (unpaired) electrons. The zero-order valence-corrected chi connectivity index (χ0v) is 11.4. The number of amides is 1. The van der Waals surface area contributed by atoms with Crippen LogP contribution in [0.2, 0.25) is 0 Å². The molecule has 0 saturated carbocycles. The molecule has 0 aliphatic carbocycles. The van der Waals surface area contributed by atoms with Gasteiger partial charge in [0.25, 0.3) is 0 Å². The number of ether oxygens (including phenoxy) is 2. The topological polar surface area (TPSA) is 81.7 Å². The van der Waals surface area contributed by atoms with Crippen molar-refractivity contribution >= 4 is 17.8 Å². The molecular formula is C14H17NO5. The van der Waals surface area contributed by atoms with E-state index in [1.54, 1.807) is 12.1 Å². The smallest absolute Gasteiger partial charge is 0.329 e. The van der Waals surface area contributed by atoms with Crippen molar-refractivity contribution in [2.75, 3.05) is 7.11 Å². The lowest BCUT2D eigenvalue weighted by atomic mass is 10.2. The van der Waals surface area contributed by atoms with E-state index < -0.39 is 23.9 Å². The van der Waals surface area contributed by atoms with Gasteiger partial charge in [-0.25, -0.2) is 4.79 Å². The molecule has 1 aromatic rings. The van der Waals surface area contributed by atoms with Crippen LogP contribution in [0.15, 0.2) is 30.3 Å². The molecule has 0 heterocycles. The zero-order valence-electron chi connectivity index (χ0n) is 11.4. The van der Waals surface area contributed by atoms with Crippen LogP contribution < -0.4 is 5.32 Å². The number of hydrogen-bond donors (Lipinski definition) is 1. The maximum absolute atomic E-state index is 11.9. The minimum atomic E-state index is -1.04. The van der Waals surface area contributed by atoms with Crippen molar-refractivity contribution in [2.45, 2.75) is 26.0 Å². The van der Waals surface area contributed by atoms with Gasteiger partial charge >= 0.3 is 11.9 Å². The summed E-state index contributed by atoms with van der Waals surface area (Å²) in [6, 6.07) is 8.07. The Labute approximate surface area is 117 Å². The summed E-state index contributed by atoms with van der Waals surface area (Å²) in [7, 11) is 1.21. The molecule has 1 aromatic carbocycles. The minimum absolute atomic E-state index is 0.0803. The quantitative estimate of drug-likeness (QED) is 0.779. The average Bonchev–Trinajstić information content (AvgIpc) is 2.44. The molecule has 20 heavy (non-hydrogen) atoms. The molecular weight excluding hydrogens is 262 g/mol. The number of esters is 2. The second kappa shape index (κ2) is 7.93. The molecule has 0 saturated heterocycles. The first-order valence-electron chi connectivity index (χ1n) is 6.07. The zero-order chi connectivity index (χ0) is 15.0. The van der Waals surface area contributed by atoms with Gasteiger partial charge in [-0.1, -0.05) is 30.3 Å². The monoisotopic (exact) mass is 279 g/mol. The normalized spacial score (nSPS) is 11.3. The van der Waals surface area contributed by atoms with Crippen LogP contribution in [0.1, 0.15) is 18.9 Å². The van der Waals surface area contributed by atoms with Crippen LogP contribution in [-0.2, 0) is 30.5 Å². The van der Waals surface area contributed by atoms with Crippen LogP contribution in [0.3, 0.4) is 0 Å². The summed E-state index contributed by atoms with van der Waals surface area (Å²) in [5, 5.41) is 2.37. The number of benzene rings is 1. The Balaban J connectivity index is 2.58. The van der Waals surface area contributed by atoms with Crippen molar-refractivity contribution in [3.63, 3.8) is 0 Å². The van der Waals surface area contributed by atoms with Crippen LogP contribution in [0.5, 0.6) is 0 Å². The predicted octanol–water partition coefficient (Wildman–Crippen LogP) is 0.798. The Bertz CT molecular complexity index is 472. The maximum atomic E-state index is 11.9. The first-order chi connectivity index (χ1) is 9.52. The van der Waals surface area contributed by atoms with E-state index in [9.17, 15) is 14.4 Å². The van der Waals surface area contributed by atoms with E-state index >= 15 is 0 Å². The van der Waals surface area contributed by atoms with Crippen LogP contribution in [-0.4, -0.2) is 31.0 Å². The Hall–Kier alpha value is -2.37. The van der Waals surface area contributed by atoms with Gasteiger partial charge in [-0.2, -0.15) is 0 Å². The molecule has 0 aliphatic rings. The summed E-state index contributed by atoms with van der Waals surface area (Å²) >= 11 is 0. The molecule has 0 aromatic heterocycles. The van der Waals surface area contributed by atoms with E-state index in [-0.39, 0.29) is 13.0 Å². The molecule has 0 fully saturated rings. The van der Waals surface area contributed by atoms with Gasteiger partial charge in [0.2, 0.25) is 5.91 Å². The highest BCUT2D eigenvalue weighted by Gasteiger charge is 2.24. The summed E-state index contributed by atoms with van der Waals surface area (Å²) in [6.45, 7) is 1.34. The Morgan fingerprint density at radius 3 is 2.40 bits per heavy atom. The van der Waals surface area contributed by atoms with Crippen LogP contribution in [0.4, 0.5) is 0 Å². The van der Waals surface area contributed by atoms with Crippen molar-refractivity contribution in [3.8, 4) is 0 Å². The molecule has 0 aliphatic heterocycles. The Morgan fingerprint density at radius 1 is 1.20 bits per heavy atom. The van der Waals surface area contributed by atoms with Crippen LogP contribution >= 0.6 is 0 Å². The first kappa shape index (κ1) is 15.7. The summed E-state index contributed by atoms with van der Waals surface area (Å²) in [5.41, 5.74) is 0.820. The number of methoxy groups -OCH3 is 1. The molecule has 1 N–H and O–H groups in total. The first-order valence-corrected chi connectivity index (χ1v) is 6.07. The van der Waals surface area contributed by atoms with E-state index in [4.69, 9.17) is 4.74 Å². The number of rotatable bonds is 6. The maximum Gasteiger partial charge on any atom is 0.329 e. The fourth-order valence-corrected chi connectivity index (χ4v) is 1.52. The lowest BCUT2D eigenvalue weighted by molar-refractivity contribution is -0.153. The number of carbonyl (C=O) groups excluding carboxylic acids is 3. The van der Waals surface area contributed by atoms with E-state index in [0.29, 0.717) is 0 Å². The Kier molecular flexibility index (Phi) is 6.22. The molecule has 0 bridgehead atoms. The lowest BCUT2D eigenvalue weighted by Gasteiger charge is -2.15. The molecule has 6 nitrogen and oxygen atoms in total. The molecule has 1 amide bonds. The van der Waals surface area contributed by atoms with E-state index in [1.807, 2.05) is 18.2 Å². The Morgan fingerprint density at radius 2 is 1.85 bits per heavy atom. The van der Waals surface area contributed by atoms with E-state index in [0.717, 1.165) is 5.56 Å². The average molecular weight is 279 g/mol. The second-order valence-corrected chi connectivity index (χ2v) is 4.13. The molecule has 6 heteroatoms. The third-order valence-electron chi connectivity index (χ3n) is 2.48. The predicted molar refractivity (Wildman–Crippen MR) is 70.5 cm³/mol. The highest BCUT2D eigenvalue weighted by molar-refractivity contribution is 5.87. The van der Waals surface area contributed by atoms with Gasteiger partial charge in [0, 0.05) is 6.92 Å². The van der Waals surface area contributed by atoms with Gasteiger partial charge in [-0.05, 0) is 5.56 Å². The van der Waals surface area contributed by atoms with Crippen molar-refractivity contribution in [1.82, 2.24) is 5.32 Å². The van der Waals surface area contributed by atoms with Crippen molar-refractivity contribution in [3.05, 3.63) is 35.9 Å². The number of carbonyl (C=O) groups is 3. The third kappa shape index (κ3) is 5.51. The largest absolute Gasteiger partial charge is 0.469 e. The second-order valence-electron chi connectivity index (χ2n) is 4.13. The molecule has 1 rings (SSSR count). The fourth-order valence-electron chi connectivity index (χ4n) is 1.52. The van der Waals surface area contributed by atoms with Gasteiger partial charge < -0.3 is 14.8 Å². The molecule has 0 unspecified atom stereocenters. The highest BCUT2D eigenvalue weighted by atomic mass is 16.5. The molecule has 0 spiro atoms. The molecule has 1 atom stereocenters. The van der Waals surface area contributed by atoms with Gasteiger partial charge in [0.15, 0.2) is 0 Å². The standard InChI is InChI=1S/C14H17NO5/c1-10(16)15-12(8-13(17)19-2)14(18)20-9-11-6-4-3-5-7-11/h3-7,12H,8-9H2,1-2H3,(H,15,16)/t12-/m0/s1. The van der Waals surface area contributed by atoms with Crippen molar-refractivity contribution < 1.29 is 23.9 Å². The van der Waals surface area contributed by atoms with Gasteiger partial charge in [0.05, 0.1) is 13.5 Å². The van der Waals surface area contributed by atoms with Crippen molar-refractivity contribution in [2.24, 2.45) is 0 Å². The number of nitrogens with one attached hydrogen (secondary N) is 1. The molecule has 108 valence electrons. The fraction of sp³-hybridized carbons (Fsp3) is 0.357. The summed E-state index contributed by atoms with van der Waals surface area (Å²) < 4.78 is 9.55. The number of hydrogen-bond acceptors (Lipinski definition) is 5. The van der Waals surface area contributed by atoms with Gasteiger partial charge in [-0.3, -0.25) is 9.59 Å². The van der Waals surface area contributed by atoms with Crippen LogP contribution in [0, 0.1) is 0 Å². The SMILES string of the molecule is COC(=O)C[C@H](NC(C)=O)C(=O)OCc1ccccc1. The third-order valence-corrected chi connectivity index (χ3v) is 2.48. The lowest BCUT2D eigenvalue weighted by Crippen LogP contribution is -2.42. The van der Waals surface area contributed by atoms with E-state index in [1.165, 1.54) is 14.0 Å². The highest BCUT2D eigenvalue weighted by Crippen LogP contribution is 2.04. The van der Waals surface area contributed by atoms with E-state index in [2.05, 4.69) is 10.1 Å². The summed E-state index contributed by atoms with van der Waals surface area (Å²) in [4.78, 5) is 34.1. The summed E-state index contributed by atoms with van der Waals surface area (Å²) in [5.74, 6) is -1.69. The van der Waals surface area contributed by atoms with Gasteiger partial charge in [0.1, 0.15) is 12.6 Å².